The minimum atomic E-state index is -0.825. The van der Waals surface area contributed by atoms with E-state index in [4.69, 9.17) is 10.1 Å². The Labute approximate surface area is 232 Å². The van der Waals surface area contributed by atoms with Crippen molar-refractivity contribution >= 4 is 44.9 Å². The quantitative estimate of drug-likeness (QED) is 0.302. The highest BCUT2D eigenvalue weighted by molar-refractivity contribution is 9.10. The van der Waals surface area contributed by atoms with Crippen LogP contribution in [0.25, 0.3) is 0 Å². The van der Waals surface area contributed by atoms with Gasteiger partial charge >= 0.3 is 5.97 Å². The van der Waals surface area contributed by atoms with Gasteiger partial charge in [0.15, 0.2) is 0 Å². The van der Waals surface area contributed by atoms with Crippen LogP contribution in [0.15, 0.2) is 76.2 Å². The number of hydrogen-bond acceptors (Lipinski definition) is 5. The van der Waals surface area contributed by atoms with Crippen molar-refractivity contribution in [3.63, 3.8) is 0 Å². The molecular weight excluding hydrogens is 544 g/mol. The first-order valence-electron chi connectivity index (χ1n) is 12.6. The average molecular weight is 578 g/mol. The highest BCUT2D eigenvalue weighted by Crippen LogP contribution is 2.38. The van der Waals surface area contributed by atoms with E-state index in [9.17, 15) is 9.59 Å². The number of carbonyl (C=O) groups is 2. The molecule has 7 nitrogen and oxygen atoms in total. The number of aliphatic imine (C=N–C) groups is 1. The molecule has 198 valence electrons. The van der Waals surface area contributed by atoms with Crippen molar-refractivity contribution in [1.82, 2.24) is 9.80 Å². The standard InChI is InChI=1S/C30H33BrN4O3/c1-34(2)16-17-35(3)19-21-6-12-24(13-7-21)32-29(22-9-4-20(5-10-22)8-15-27(36)37)28-25-14-11-23(31)18-26(25)33-30(28)38/h4-7,9-14,18,28H,8,15-17,19H2,1-3H3,(H,33,38)(H,36,37). The van der Waals surface area contributed by atoms with E-state index < -0.39 is 11.9 Å². The Hall–Kier alpha value is -3.33. The summed E-state index contributed by atoms with van der Waals surface area (Å²) < 4.78 is 0.893. The van der Waals surface area contributed by atoms with E-state index in [1.807, 2.05) is 54.6 Å². The molecule has 0 bridgehead atoms. The number of nitrogens with one attached hydrogen (secondary N) is 1. The third-order valence-electron chi connectivity index (χ3n) is 6.56. The first-order chi connectivity index (χ1) is 18.2. The lowest BCUT2D eigenvalue weighted by molar-refractivity contribution is -0.137. The number of carboxylic acids is 1. The van der Waals surface area contributed by atoms with Crippen LogP contribution in [0.4, 0.5) is 11.4 Å². The number of nitrogens with zero attached hydrogens (tertiary/aromatic N) is 3. The maximum Gasteiger partial charge on any atom is 0.303 e. The zero-order chi connectivity index (χ0) is 27.2. The van der Waals surface area contributed by atoms with Crippen LogP contribution in [0, 0.1) is 0 Å². The molecule has 0 saturated heterocycles. The van der Waals surface area contributed by atoms with Crippen molar-refractivity contribution in [3.8, 4) is 0 Å². The van der Waals surface area contributed by atoms with Crippen molar-refractivity contribution in [2.45, 2.75) is 25.3 Å². The normalized spacial score (nSPS) is 15.2. The molecule has 3 aromatic carbocycles. The smallest absolute Gasteiger partial charge is 0.303 e. The number of amides is 1. The Morgan fingerprint density at radius 2 is 1.66 bits per heavy atom. The fraction of sp³-hybridized carbons (Fsp3) is 0.300. The van der Waals surface area contributed by atoms with Crippen LogP contribution in [-0.2, 0) is 22.6 Å². The van der Waals surface area contributed by atoms with E-state index in [1.54, 1.807) is 0 Å². The zero-order valence-corrected chi connectivity index (χ0v) is 23.5. The number of carbonyl (C=O) groups excluding carboxylic acids is 1. The van der Waals surface area contributed by atoms with E-state index in [0.717, 1.165) is 52.2 Å². The highest BCUT2D eigenvalue weighted by Gasteiger charge is 2.35. The van der Waals surface area contributed by atoms with Gasteiger partial charge in [-0.15, -0.1) is 0 Å². The number of hydrogen-bond donors (Lipinski definition) is 2. The first-order valence-corrected chi connectivity index (χ1v) is 13.4. The summed E-state index contributed by atoms with van der Waals surface area (Å²) in [5, 5.41) is 12.0. The summed E-state index contributed by atoms with van der Waals surface area (Å²) in [7, 11) is 6.26. The summed E-state index contributed by atoms with van der Waals surface area (Å²) in [5.74, 6) is -1.50. The maximum atomic E-state index is 13.2. The fourth-order valence-corrected chi connectivity index (χ4v) is 4.83. The molecule has 1 unspecified atom stereocenters. The van der Waals surface area contributed by atoms with Crippen LogP contribution < -0.4 is 5.32 Å². The van der Waals surface area contributed by atoms with E-state index in [2.05, 4.69) is 64.3 Å². The van der Waals surface area contributed by atoms with Crippen molar-refractivity contribution < 1.29 is 14.7 Å². The number of carboxylic acid groups (broad SMARTS) is 1. The molecular formula is C30H33BrN4O3. The highest BCUT2D eigenvalue weighted by atomic mass is 79.9. The molecule has 0 aliphatic carbocycles. The zero-order valence-electron chi connectivity index (χ0n) is 21.9. The maximum absolute atomic E-state index is 13.2. The Kier molecular flexibility index (Phi) is 9.09. The Balaban J connectivity index is 1.64. The summed E-state index contributed by atoms with van der Waals surface area (Å²) in [6.07, 6.45) is 0.525. The molecule has 0 aromatic heterocycles. The minimum Gasteiger partial charge on any atom is -0.481 e. The van der Waals surface area contributed by atoms with Crippen LogP contribution in [0.3, 0.4) is 0 Å². The van der Waals surface area contributed by atoms with Gasteiger partial charge < -0.3 is 20.2 Å². The van der Waals surface area contributed by atoms with E-state index >= 15 is 0 Å². The topological polar surface area (TPSA) is 85.2 Å². The lowest BCUT2D eigenvalue weighted by atomic mass is 9.90. The Morgan fingerprint density at radius 1 is 0.974 bits per heavy atom. The molecule has 38 heavy (non-hydrogen) atoms. The van der Waals surface area contributed by atoms with Crippen LogP contribution in [0.1, 0.15) is 34.6 Å². The largest absolute Gasteiger partial charge is 0.481 e. The summed E-state index contributed by atoms with van der Waals surface area (Å²) >= 11 is 3.48. The Bertz CT molecular complexity index is 1320. The number of fused-ring (bicyclic) bond motifs is 1. The summed E-state index contributed by atoms with van der Waals surface area (Å²) in [6, 6.07) is 21.6. The number of aliphatic carboxylic acids is 1. The molecule has 2 N–H and O–H groups in total. The number of rotatable bonds is 11. The van der Waals surface area contributed by atoms with Gasteiger partial charge in [0.1, 0.15) is 5.92 Å². The van der Waals surface area contributed by atoms with Crippen LogP contribution in [0.2, 0.25) is 0 Å². The van der Waals surface area contributed by atoms with E-state index in [0.29, 0.717) is 12.1 Å². The van der Waals surface area contributed by atoms with Crippen molar-refractivity contribution in [3.05, 3.63) is 93.5 Å². The van der Waals surface area contributed by atoms with E-state index in [1.165, 1.54) is 5.56 Å². The molecule has 1 atom stereocenters. The van der Waals surface area contributed by atoms with Gasteiger partial charge in [-0.25, -0.2) is 0 Å². The monoisotopic (exact) mass is 576 g/mol. The molecule has 0 saturated carbocycles. The van der Waals surface area contributed by atoms with Gasteiger partial charge in [-0.1, -0.05) is 58.4 Å². The van der Waals surface area contributed by atoms with Gasteiger partial charge in [0.05, 0.1) is 11.4 Å². The van der Waals surface area contributed by atoms with Crippen molar-refractivity contribution in [1.29, 1.82) is 0 Å². The molecule has 4 rings (SSSR count). The van der Waals surface area contributed by atoms with Gasteiger partial charge in [-0.3, -0.25) is 14.6 Å². The molecule has 0 spiro atoms. The van der Waals surface area contributed by atoms with Gasteiger partial charge in [-0.05, 0) is 74.1 Å². The van der Waals surface area contributed by atoms with Crippen molar-refractivity contribution in [2.75, 3.05) is 39.5 Å². The minimum absolute atomic E-state index is 0.0737. The molecule has 8 heteroatoms. The summed E-state index contributed by atoms with van der Waals surface area (Å²) in [4.78, 5) is 33.6. The molecule has 1 aliphatic rings. The number of benzene rings is 3. The molecule has 0 radical (unpaired) electrons. The van der Waals surface area contributed by atoms with Crippen molar-refractivity contribution in [2.24, 2.45) is 4.99 Å². The third-order valence-corrected chi connectivity index (χ3v) is 7.06. The first kappa shape index (κ1) is 27.7. The third kappa shape index (κ3) is 7.16. The second-order valence-corrected chi connectivity index (χ2v) is 10.9. The number of anilines is 1. The number of halogens is 1. The second kappa shape index (κ2) is 12.5. The lowest BCUT2D eigenvalue weighted by Gasteiger charge is -2.19. The van der Waals surface area contributed by atoms with Crippen LogP contribution in [-0.4, -0.2) is 66.7 Å². The predicted octanol–water partition coefficient (Wildman–Crippen LogP) is 5.32. The van der Waals surface area contributed by atoms with E-state index in [-0.39, 0.29) is 12.3 Å². The molecule has 0 fully saturated rings. The van der Waals surface area contributed by atoms with Gasteiger partial charge in [0.2, 0.25) is 5.91 Å². The Morgan fingerprint density at radius 3 is 2.32 bits per heavy atom. The van der Waals surface area contributed by atoms with Gasteiger partial charge in [0.25, 0.3) is 0 Å². The summed E-state index contributed by atoms with van der Waals surface area (Å²) in [5.41, 5.74) is 6.04. The number of aryl methyl sites for hydroxylation is 1. The van der Waals surface area contributed by atoms with Crippen LogP contribution in [0.5, 0.6) is 0 Å². The van der Waals surface area contributed by atoms with Gasteiger partial charge in [0, 0.05) is 36.2 Å². The molecule has 1 amide bonds. The SMILES string of the molecule is CN(C)CCN(C)Cc1ccc(N=C(c2ccc(CCC(=O)O)cc2)C2C(=O)Nc3cc(Br)ccc32)cc1. The fourth-order valence-electron chi connectivity index (χ4n) is 4.47. The molecule has 1 aliphatic heterocycles. The predicted molar refractivity (Wildman–Crippen MR) is 155 cm³/mol. The van der Waals surface area contributed by atoms with Gasteiger partial charge in [-0.2, -0.15) is 0 Å². The average Bonchev–Trinajstić information content (AvgIpc) is 3.20. The molecule has 3 aromatic rings. The number of likely N-dealkylation sites (N-methyl/N-ethyl adjacent to an activating group) is 2. The molecule has 1 heterocycles. The second-order valence-electron chi connectivity index (χ2n) is 9.95. The summed E-state index contributed by atoms with van der Waals surface area (Å²) in [6.45, 7) is 2.82. The lowest BCUT2D eigenvalue weighted by Crippen LogP contribution is -2.28. The van der Waals surface area contributed by atoms with Crippen LogP contribution >= 0.6 is 15.9 Å².